The molecule has 2 aromatic rings. The Morgan fingerprint density at radius 2 is 2.13 bits per heavy atom. The van der Waals surface area contributed by atoms with E-state index in [1.165, 1.54) is 42.9 Å². The monoisotopic (exact) mass is 486 g/mol. The summed E-state index contributed by atoms with van der Waals surface area (Å²) in [5, 5.41) is 4.41. The van der Waals surface area contributed by atoms with Gasteiger partial charge in [-0.1, -0.05) is 11.6 Å². The highest BCUT2D eigenvalue weighted by Gasteiger charge is 2.35. The summed E-state index contributed by atoms with van der Waals surface area (Å²) in [6.07, 6.45) is 3.18. The Bertz CT molecular complexity index is 1150. The summed E-state index contributed by atoms with van der Waals surface area (Å²) in [6, 6.07) is 3.66. The maximum atomic E-state index is 13.4. The van der Waals surface area contributed by atoms with Crippen LogP contribution in [0.4, 0.5) is 10.1 Å². The quantitative estimate of drug-likeness (QED) is 0.644. The fourth-order valence-corrected chi connectivity index (χ4v) is 4.66. The Labute approximate surface area is 188 Å². The van der Waals surface area contributed by atoms with Crippen molar-refractivity contribution in [3.63, 3.8) is 0 Å². The van der Waals surface area contributed by atoms with Gasteiger partial charge in [0.05, 0.1) is 10.6 Å². The minimum atomic E-state index is -4.21. The van der Waals surface area contributed by atoms with Gasteiger partial charge in [0.25, 0.3) is 5.91 Å². The molecule has 0 atom stereocenters. The maximum absolute atomic E-state index is 13.4. The van der Waals surface area contributed by atoms with Gasteiger partial charge in [-0.2, -0.15) is 8.42 Å². The zero-order valence-electron chi connectivity index (χ0n) is 16.9. The first kappa shape index (κ1) is 23.3. The summed E-state index contributed by atoms with van der Waals surface area (Å²) < 4.78 is 49.4. The molecule has 166 valence electrons. The second kappa shape index (κ2) is 9.03. The summed E-state index contributed by atoms with van der Waals surface area (Å²) in [5.74, 6) is -1.36. The molecule has 31 heavy (non-hydrogen) atoms. The smallest absolute Gasteiger partial charge is 0.345 e. The van der Waals surface area contributed by atoms with E-state index in [1.807, 2.05) is 0 Å². The minimum Gasteiger partial charge on any atom is -0.379 e. The second-order valence-corrected chi connectivity index (χ2v) is 10.0. The Balaban J connectivity index is 1.97. The Kier molecular flexibility index (Phi) is 6.79. The van der Waals surface area contributed by atoms with E-state index in [0.717, 1.165) is 10.4 Å². The molecule has 3 rings (SSSR count). The van der Waals surface area contributed by atoms with Gasteiger partial charge in [0.2, 0.25) is 0 Å². The van der Waals surface area contributed by atoms with Crippen LogP contribution < -0.4 is 5.32 Å². The highest BCUT2D eigenvalue weighted by atomic mass is 35.5. The molecular weight excluding hydrogens is 467 g/mol. The zero-order valence-corrected chi connectivity index (χ0v) is 19.3. The average Bonchev–Trinajstić information content (AvgIpc) is 3.23. The first-order chi connectivity index (χ1) is 14.5. The molecule has 0 saturated heterocycles. The van der Waals surface area contributed by atoms with E-state index in [0.29, 0.717) is 11.4 Å². The van der Waals surface area contributed by atoms with Crippen molar-refractivity contribution in [2.45, 2.75) is 25.9 Å². The van der Waals surface area contributed by atoms with E-state index in [9.17, 15) is 17.6 Å². The number of benzene rings is 1. The van der Waals surface area contributed by atoms with E-state index in [-0.39, 0.29) is 28.7 Å². The predicted octanol–water partition coefficient (Wildman–Crippen LogP) is 3.62. The average molecular weight is 487 g/mol. The molecule has 0 fully saturated rings. The van der Waals surface area contributed by atoms with Crippen LogP contribution in [0.15, 0.2) is 45.9 Å². The van der Waals surface area contributed by atoms with E-state index < -0.39 is 27.5 Å². The Hall–Kier alpha value is -2.34. The summed E-state index contributed by atoms with van der Waals surface area (Å²) in [5.41, 5.74) is -0.502. The summed E-state index contributed by atoms with van der Waals surface area (Å²) in [4.78, 5) is 17.1. The zero-order chi connectivity index (χ0) is 22.8. The van der Waals surface area contributed by atoms with Crippen molar-refractivity contribution in [3.8, 4) is 0 Å². The molecule has 0 spiro atoms. The molecule has 1 N–H and O–H groups in total. The number of anilines is 1. The first-order valence-electron chi connectivity index (χ1n) is 9.08. The molecule has 0 radical (unpaired) electrons. The molecule has 0 unspecified atom stereocenters. The highest BCUT2D eigenvalue weighted by Crippen LogP contribution is 2.26. The van der Waals surface area contributed by atoms with Crippen molar-refractivity contribution in [3.05, 3.63) is 57.4 Å². The molecule has 8 nitrogen and oxygen atoms in total. The largest absolute Gasteiger partial charge is 0.379 e. The number of thiazole rings is 1. The molecule has 0 saturated carbocycles. The molecule has 0 bridgehead atoms. The van der Waals surface area contributed by atoms with Crippen LogP contribution in [0.5, 0.6) is 0 Å². The van der Waals surface area contributed by atoms with Gasteiger partial charge in [-0.25, -0.2) is 13.7 Å². The normalized spacial score (nSPS) is 16.0. The number of allylic oxidation sites excluding steroid dienone is 1. The number of ether oxygens (including phenoxy) is 1. The molecular formula is C19H20ClFN4O4S2. The van der Waals surface area contributed by atoms with Gasteiger partial charge < -0.3 is 10.1 Å². The predicted molar refractivity (Wildman–Crippen MR) is 118 cm³/mol. The van der Waals surface area contributed by atoms with Crippen molar-refractivity contribution in [2.24, 2.45) is 4.40 Å². The number of aromatic nitrogens is 1. The lowest BCUT2D eigenvalue weighted by Crippen LogP contribution is -2.41. The number of carbonyl (C=O) groups is 1. The number of nitrogens with one attached hydrogen (secondary N) is 1. The van der Waals surface area contributed by atoms with Gasteiger partial charge in [-0.05, 0) is 44.5 Å². The summed E-state index contributed by atoms with van der Waals surface area (Å²) >= 11 is 6.97. The molecule has 1 aliphatic rings. The summed E-state index contributed by atoms with van der Waals surface area (Å²) in [7, 11) is -2.69. The van der Waals surface area contributed by atoms with Crippen molar-refractivity contribution in [2.75, 3.05) is 19.0 Å². The number of methoxy groups -OCH3 is 1. The molecule has 12 heteroatoms. The van der Waals surface area contributed by atoms with Crippen molar-refractivity contribution in [1.82, 2.24) is 9.29 Å². The van der Waals surface area contributed by atoms with Crippen LogP contribution in [0.3, 0.4) is 0 Å². The van der Waals surface area contributed by atoms with E-state index in [4.69, 9.17) is 16.3 Å². The lowest BCUT2D eigenvalue weighted by molar-refractivity contribution is -0.113. The topological polar surface area (TPSA) is 101 Å². The van der Waals surface area contributed by atoms with Gasteiger partial charge in [-0.3, -0.25) is 4.79 Å². The van der Waals surface area contributed by atoms with Crippen molar-refractivity contribution < 1.29 is 22.3 Å². The van der Waals surface area contributed by atoms with Crippen LogP contribution in [0.25, 0.3) is 0 Å². The Morgan fingerprint density at radius 3 is 2.74 bits per heavy atom. The number of hydrogen-bond donors (Lipinski definition) is 1. The lowest BCUT2D eigenvalue weighted by Gasteiger charge is -2.30. The number of amides is 1. The van der Waals surface area contributed by atoms with Crippen LogP contribution in [0.1, 0.15) is 25.3 Å². The number of rotatable bonds is 7. The second-order valence-electron chi connectivity index (χ2n) is 7.19. The number of halogens is 2. The third-order valence-corrected chi connectivity index (χ3v) is 7.01. The lowest BCUT2D eigenvalue weighted by atomic mass is 10.1. The van der Waals surface area contributed by atoms with Crippen LogP contribution in [-0.2, 0) is 19.7 Å². The number of hydrogen-bond acceptors (Lipinski definition) is 6. The van der Waals surface area contributed by atoms with Gasteiger partial charge in [0, 0.05) is 30.9 Å². The highest BCUT2D eigenvalue weighted by molar-refractivity contribution is 7.88. The molecule has 1 aliphatic heterocycles. The van der Waals surface area contributed by atoms with Crippen molar-refractivity contribution in [1.29, 1.82) is 0 Å². The summed E-state index contributed by atoms with van der Waals surface area (Å²) in [6.45, 7) is 3.57. The standard InChI is InChI=1S/C19H20ClFN4O4S2/c1-19(2,29-3)6-8-25-16(17(26)23-12-4-5-14(21)13(20)10-12)11-15(24-31(25,27)28)18-22-7-9-30-18/h4-5,7,9-11H,6,8H2,1-3H3,(H,23,26). The van der Waals surface area contributed by atoms with Gasteiger partial charge in [-0.15, -0.1) is 15.7 Å². The first-order valence-corrected chi connectivity index (χ1v) is 11.7. The molecule has 1 aromatic heterocycles. The van der Waals surface area contributed by atoms with Crippen LogP contribution in [0.2, 0.25) is 5.02 Å². The molecule has 0 aliphatic carbocycles. The Morgan fingerprint density at radius 1 is 1.39 bits per heavy atom. The van der Waals surface area contributed by atoms with E-state index in [1.54, 1.807) is 19.2 Å². The van der Waals surface area contributed by atoms with Crippen LogP contribution in [0, 0.1) is 5.82 Å². The fraction of sp³-hybridized carbons (Fsp3) is 0.316. The van der Waals surface area contributed by atoms with E-state index in [2.05, 4.69) is 14.7 Å². The third-order valence-electron chi connectivity index (χ3n) is 4.57. The molecule has 1 aromatic carbocycles. The fourth-order valence-electron chi connectivity index (χ4n) is 2.63. The van der Waals surface area contributed by atoms with Crippen LogP contribution in [-0.4, -0.2) is 48.6 Å². The third kappa shape index (κ3) is 5.48. The SMILES string of the molecule is COC(C)(C)CCN1C(C(=O)Nc2ccc(F)c(Cl)c2)=CC(c2nccs2)=NS1(=O)=O. The molecule has 2 heterocycles. The van der Waals surface area contributed by atoms with E-state index >= 15 is 0 Å². The van der Waals surface area contributed by atoms with Gasteiger partial charge in [0.1, 0.15) is 22.2 Å². The molecule has 1 amide bonds. The van der Waals surface area contributed by atoms with Gasteiger partial charge in [0.15, 0.2) is 0 Å². The minimum absolute atomic E-state index is 0.0404. The van der Waals surface area contributed by atoms with Crippen molar-refractivity contribution >= 4 is 50.5 Å². The maximum Gasteiger partial charge on any atom is 0.345 e. The number of nitrogens with zero attached hydrogens (tertiary/aromatic N) is 3. The van der Waals surface area contributed by atoms with Gasteiger partial charge >= 0.3 is 10.2 Å². The van der Waals surface area contributed by atoms with Crippen LogP contribution >= 0.6 is 22.9 Å². The number of carbonyl (C=O) groups excluding carboxylic acids is 1.